The minimum atomic E-state index is -4.56. The van der Waals surface area contributed by atoms with Gasteiger partial charge < -0.3 is 15.4 Å². The maximum absolute atomic E-state index is 12.9. The number of nitrogens with zero attached hydrogens (tertiary/aromatic N) is 1. The Hall–Kier alpha value is -4.43. The zero-order valence-electron chi connectivity index (χ0n) is 19.7. The van der Waals surface area contributed by atoms with Crippen LogP contribution < -0.4 is 20.1 Å². The van der Waals surface area contributed by atoms with Crippen molar-refractivity contribution in [1.82, 2.24) is 4.98 Å². The minimum absolute atomic E-state index is 0.0359. The summed E-state index contributed by atoms with van der Waals surface area (Å²) in [6, 6.07) is 15.6. The molecule has 2 amide bonds. The summed E-state index contributed by atoms with van der Waals surface area (Å²) in [6.45, 7) is -0.570. The molecule has 1 aromatic heterocycles. The van der Waals surface area contributed by atoms with Crippen LogP contribution in [0.15, 0.2) is 89.3 Å². The monoisotopic (exact) mass is 576 g/mol. The molecule has 1 heterocycles. The molecule has 0 aliphatic rings. The quantitative estimate of drug-likeness (QED) is 0.250. The average molecular weight is 577 g/mol. The van der Waals surface area contributed by atoms with Crippen molar-refractivity contribution in [2.24, 2.45) is 0 Å². The Kier molecular flexibility index (Phi) is 8.16. The van der Waals surface area contributed by atoms with Crippen molar-refractivity contribution < 1.29 is 35.9 Å². The number of hydrogen-bond donors (Lipinski definition) is 3. The molecule has 39 heavy (non-hydrogen) atoms. The second-order valence-electron chi connectivity index (χ2n) is 7.83. The summed E-state index contributed by atoms with van der Waals surface area (Å²) in [7, 11) is -3.86. The molecular weight excluding hydrogens is 557 g/mol. The number of halogens is 3. The van der Waals surface area contributed by atoms with E-state index >= 15 is 0 Å². The van der Waals surface area contributed by atoms with E-state index in [1.807, 2.05) is 0 Å². The molecule has 0 aliphatic carbocycles. The second-order valence-corrected chi connectivity index (χ2v) is 10.4. The smallest absolute Gasteiger partial charge is 0.416 e. The molecule has 4 aromatic rings. The van der Waals surface area contributed by atoms with Crippen LogP contribution in [0.5, 0.6) is 5.75 Å². The lowest BCUT2D eigenvalue weighted by molar-refractivity contribution is -0.137. The Balaban J connectivity index is 1.38. The third-order valence-electron chi connectivity index (χ3n) is 5.04. The van der Waals surface area contributed by atoms with E-state index in [-0.39, 0.29) is 27.0 Å². The molecule has 0 spiro atoms. The van der Waals surface area contributed by atoms with Crippen molar-refractivity contribution >= 4 is 49.7 Å². The fourth-order valence-corrected chi connectivity index (χ4v) is 5.05. The third-order valence-corrected chi connectivity index (χ3v) is 7.21. The zero-order valence-corrected chi connectivity index (χ0v) is 21.4. The molecule has 14 heteroatoms. The van der Waals surface area contributed by atoms with Gasteiger partial charge in [0.2, 0.25) is 0 Å². The number of thiazole rings is 1. The highest BCUT2D eigenvalue weighted by molar-refractivity contribution is 7.93. The number of para-hydroxylation sites is 1. The molecular formula is C25H19F3N4O5S2. The normalized spacial score (nSPS) is 11.5. The number of rotatable bonds is 9. The lowest BCUT2D eigenvalue weighted by atomic mass is 10.2. The maximum Gasteiger partial charge on any atom is 0.416 e. The number of anilines is 3. The van der Waals surface area contributed by atoms with Gasteiger partial charge in [0.15, 0.2) is 11.7 Å². The van der Waals surface area contributed by atoms with E-state index in [1.165, 1.54) is 54.7 Å². The highest BCUT2D eigenvalue weighted by atomic mass is 32.2. The van der Waals surface area contributed by atoms with Gasteiger partial charge in [-0.05, 0) is 54.6 Å². The van der Waals surface area contributed by atoms with E-state index in [4.69, 9.17) is 4.74 Å². The second kappa shape index (κ2) is 11.5. The lowest BCUT2D eigenvalue weighted by Crippen LogP contribution is -2.22. The van der Waals surface area contributed by atoms with Gasteiger partial charge >= 0.3 is 6.18 Å². The predicted octanol–water partition coefficient (Wildman–Crippen LogP) is 5.23. The summed E-state index contributed by atoms with van der Waals surface area (Å²) < 4.78 is 71.4. The molecule has 0 aliphatic heterocycles. The molecule has 0 unspecified atom stereocenters. The molecule has 0 bridgehead atoms. The number of alkyl halides is 3. The highest BCUT2D eigenvalue weighted by Crippen LogP contribution is 2.30. The lowest BCUT2D eigenvalue weighted by Gasteiger charge is -2.13. The molecule has 0 fully saturated rings. The number of ether oxygens (including phenoxy) is 1. The van der Waals surface area contributed by atoms with Crippen molar-refractivity contribution in [2.45, 2.75) is 11.1 Å². The summed E-state index contributed by atoms with van der Waals surface area (Å²) in [5, 5.41) is 6.78. The first-order valence-corrected chi connectivity index (χ1v) is 13.4. The first-order chi connectivity index (χ1) is 18.5. The van der Waals surface area contributed by atoms with Gasteiger partial charge in [0.05, 0.1) is 16.0 Å². The number of sulfonamides is 1. The fraction of sp³-hybridized carbons (Fsp3) is 0.0800. The van der Waals surface area contributed by atoms with Gasteiger partial charge in [-0.15, -0.1) is 11.3 Å². The van der Waals surface area contributed by atoms with Gasteiger partial charge in [0, 0.05) is 23.0 Å². The topological polar surface area (TPSA) is 126 Å². The van der Waals surface area contributed by atoms with Crippen molar-refractivity contribution in [3.05, 3.63) is 95.5 Å². The number of hydrogen-bond acceptors (Lipinski definition) is 7. The number of aromatic nitrogens is 1. The third kappa shape index (κ3) is 7.33. The SMILES string of the molecule is O=C(COc1ccccc1C(=O)Nc1ccc(S(=O)(=O)Nc2nccs2)cc1)Nc1cccc(C(F)(F)F)c1. The maximum atomic E-state index is 12.9. The van der Waals surface area contributed by atoms with Gasteiger partial charge in [-0.1, -0.05) is 18.2 Å². The van der Waals surface area contributed by atoms with Gasteiger partial charge in [-0.25, -0.2) is 13.4 Å². The molecule has 0 saturated carbocycles. The van der Waals surface area contributed by atoms with Gasteiger partial charge in [0.1, 0.15) is 5.75 Å². The van der Waals surface area contributed by atoms with Crippen molar-refractivity contribution in [3.8, 4) is 5.75 Å². The number of benzene rings is 3. The predicted molar refractivity (Wildman–Crippen MR) is 139 cm³/mol. The Bertz CT molecular complexity index is 1580. The first-order valence-electron chi connectivity index (χ1n) is 11.0. The average Bonchev–Trinajstić information content (AvgIpc) is 3.40. The summed E-state index contributed by atoms with van der Waals surface area (Å²) in [5.41, 5.74) is -0.599. The van der Waals surface area contributed by atoms with Crippen LogP contribution in [0, 0.1) is 0 Å². The van der Waals surface area contributed by atoms with Gasteiger partial charge in [-0.3, -0.25) is 14.3 Å². The van der Waals surface area contributed by atoms with E-state index < -0.39 is 40.2 Å². The Morgan fingerprint density at radius 1 is 0.923 bits per heavy atom. The molecule has 9 nitrogen and oxygen atoms in total. The number of carbonyl (C=O) groups is 2. The van der Waals surface area contributed by atoms with Crippen molar-refractivity contribution in [1.29, 1.82) is 0 Å². The van der Waals surface area contributed by atoms with Crippen LogP contribution in [0.25, 0.3) is 0 Å². The van der Waals surface area contributed by atoms with Crippen molar-refractivity contribution in [3.63, 3.8) is 0 Å². The molecule has 3 aromatic carbocycles. The van der Waals surface area contributed by atoms with Crippen LogP contribution in [0.4, 0.5) is 29.7 Å². The summed E-state index contributed by atoms with van der Waals surface area (Å²) in [4.78, 5) is 29.0. The van der Waals surface area contributed by atoms with Crippen LogP contribution in [-0.2, 0) is 21.0 Å². The summed E-state index contributed by atoms with van der Waals surface area (Å²) in [6.07, 6.45) is -3.10. The van der Waals surface area contributed by atoms with E-state index in [0.717, 1.165) is 23.5 Å². The number of amides is 2. The minimum Gasteiger partial charge on any atom is -0.483 e. The number of carbonyl (C=O) groups excluding carboxylic acids is 2. The van der Waals surface area contributed by atoms with Crippen LogP contribution >= 0.6 is 11.3 Å². The van der Waals surface area contributed by atoms with E-state index in [1.54, 1.807) is 17.5 Å². The highest BCUT2D eigenvalue weighted by Gasteiger charge is 2.30. The van der Waals surface area contributed by atoms with Gasteiger partial charge in [0.25, 0.3) is 21.8 Å². The first kappa shape index (κ1) is 27.6. The van der Waals surface area contributed by atoms with Crippen LogP contribution in [-0.4, -0.2) is 31.8 Å². The van der Waals surface area contributed by atoms with E-state index in [9.17, 15) is 31.2 Å². The van der Waals surface area contributed by atoms with E-state index in [0.29, 0.717) is 5.69 Å². The van der Waals surface area contributed by atoms with Gasteiger partial charge in [-0.2, -0.15) is 13.2 Å². The summed E-state index contributed by atoms with van der Waals surface area (Å²) in [5.74, 6) is -1.27. The largest absolute Gasteiger partial charge is 0.483 e. The van der Waals surface area contributed by atoms with Crippen molar-refractivity contribution in [2.75, 3.05) is 22.0 Å². The summed E-state index contributed by atoms with van der Waals surface area (Å²) >= 11 is 1.13. The van der Waals surface area contributed by atoms with Crippen LogP contribution in [0.3, 0.4) is 0 Å². The van der Waals surface area contributed by atoms with Crippen LogP contribution in [0.2, 0.25) is 0 Å². The fourth-order valence-electron chi connectivity index (χ4n) is 3.26. The standard InChI is InChI=1S/C25H19F3N4O5S2/c26-25(27,28)16-4-3-5-18(14-16)30-22(33)15-37-21-7-2-1-6-20(21)23(34)31-17-8-10-19(11-9-17)39(35,36)32-24-29-12-13-38-24/h1-14H,15H2,(H,29,32)(H,30,33)(H,31,34). The Morgan fingerprint density at radius 2 is 1.67 bits per heavy atom. The van der Waals surface area contributed by atoms with E-state index in [2.05, 4.69) is 20.3 Å². The molecule has 0 radical (unpaired) electrons. The molecule has 0 atom stereocenters. The van der Waals surface area contributed by atoms with Crippen LogP contribution in [0.1, 0.15) is 15.9 Å². The molecule has 4 rings (SSSR count). The Morgan fingerprint density at radius 3 is 2.36 bits per heavy atom. The molecule has 3 N–H and O–H groups in total. The molecule has 0 saturated heterocycles. The number of nitrogens with one attached hydrogen (secondary N) is 3. The Labute approximate surface area is 224 Å². The molecule has 202 valence electrons. The zero-order chi connectivity index (χ0) is 28.0.